The Morgan fingerprint density at radius 3 is 2.36 bits per heavy atom. The number of sulfonamides is 1. The Labute approximate surface area is 147 Å². The van der Waals surface area contributed by atoms with Crippen molar-refractivity contribution in [3.05, 3.63) is 23.8 Å². The third kappa shape index (κ3) is 6.02. The summed E-state index contributed by atoms with van der Waals surface area (Å²) < 4.78 is 37.1. The standard InChI is InChI=1S/C16H23NO7S/c1-10(2)7-13(16(19)20)17-25(21,22)14-6-5-12(23-3)8-11(14)9-15(18)24-4/h5-6,8,10,13,17H,7,9H2,1-4H3,(H,19,20)/t13-/m0/s1. The SMILES string of the molecule is COC(=O)Cc1cc(OC)ccc1S(=O)(=O)N[C@@H](CC(C)C)C(=O)O. The number of rotatable bonds is 9. The highest BCUT2D eigenvalue weighted by molar-refractivity contribution is 7.89. The minimum Gasteiger partial charge on any atom is -0.497 e. The lowest BCUT2D eigenvalue weighted by atomic mass is 10.1. The van der Waals surface area contributed by atoms with Crippen molar-refractivity contribution in [2.24, 2.45) is 5.92 Å². The number of hydrogen-bond acceptors (Lipinski definition) is 6. The number of esters is 1. The number of benzene rings is 1. The average molecular weight is 373 g/mol. The average Bonchev–Trinajstić information content (AvgIpc) is 2.52. The first-order valence-corrected chi connectivity index (χ1v) is 9.08. The van der Waals surface area contributed by atoms with Gasteiger partial charge in [-0.3, -0.25) is 9.59 Å². The van der Waals surface area contributed by atoms with Gasteiger partial charge in [-0.05, 0) is 36.1 Å². The number of hydrogen-bond donors (Lipinski definition) is 2. The number of carbonyl (C=O) groups excluding carboxylic acids is 1. The van der Waals surface area contributed by atoms with E-state index in [2.05, 4.69) is 9.46 Å². The molecule has 0 aliphatic heterocycles. The Morgan fingerprint density at radius 2 is 1.88 bits per heavy atom. The van der Waals surface area contributed by atoms with Gasteiger partial charge in [0.2, 0.25) is 10.0 Å². The van der Waals surface area contributed by atoms with E-state index in [1.807, 2.05) is 0 Å². The van der Waals surface area contributed by atoms with Crippen molar-refractivity contribution >= 4 is 22.0 Å². The highest BCUT2D eigenvalue weighted by Crippen LogP contribution is 2.23. The molecule has 0 bridgehead atoms. The number of carboxylic acids is 1. The molecule has 1 aromatic carbocycles. The molecule has 1 atom stereocenters. The zero-order valence-corrected chi connectivity index (χ0v) is 15.4. The summed E-state index contributed by atoms with van der Waals surface area (Å²) in [6.45, 7) is 3.58. The molecule has 25 heavy (non-hydrogen) atoms. The van der Waals surface area contributed by atoms with Crippen LogP contribution in [0.5, 0.6) is 5.75 Å². The molecule has 0 fully saturated rings. The summed E-state index contributed by atoms with van der Waals surface area (Å²) in [6, 6.07) is 2.84. The van der Waals surface area contributed by atoms with Crippen molar-refractivity contribution < 1.29 is 32.6 Å². The quantitative estimate of drug-likeness (QED) is 0.624. The fourth-order valence-corrected chi connectivity index (χ4v) is 3.65. The largest absolute Gasteiger partial charge is 0.497 e. The molecule has 140 valence electrons. The smallest absolute Gasteiger partial charge is 0.321 e. The Bertz CT molecular complexity index is 728. The Hall–Kier alpha value is -2.13. The molecule has 1 rings (SSSR count). The molecule has 0 saturated carbocycles. The lowest BCUT2D eigenvalue weighted by Gasteiger charge is -2.18. The molecule has 0 heterocycles. The van der Waals surface area contributed by atoms with Gasteiger partial charge in [-0.2, -0.15) is 4.72 Å². The number of nitrogens with one attached hydrogen (secondary N) is 1. The second-order valence-electron chi connectivity index (χ2n) is 5.87. The molecule has 0 aromatic heterocycles. The molecule has 0 radical (unpaired) electrons. The van der Waals surface area contributed by atoms with Crippen molar-refractivity contribution in [1.82, 2.24) is 4.72 Å². The van der Waals surface area contributed by atoms with E-state index in [0.29, 0.717) is 5.75 Å². The van der Waals surface area contributed by atoms with E-state index in [1.54, 1.807) is 13.8 Å². The molecule has 1 aromatic rings. The van der Waals surface area contributed by atoms with Crippen LogP contribution in [0.15, 0.2) is 23.1 Å². The monoisotopic (exact) mass is 373 g/mol. The van der Waals surface area contributed by atoms with Gasteiger partial charge < -0.3 is 14.6 Å². The van der Waals surface area contributed by atoms with Gasteiger partial charge in [0.15, 0.2) is 0 Å². The van der Waals surface area contributed by atoms with Crippen LogP contribution in [0.4, 0.5) is 0 Å². The molecule has 2 N–H and O–H groups in total. The summed E-state index contributed by atoms with van der Waals surface area (Å²) in [7, 11) is -1.55. The molecular formula is C16H23NO7S. The van der Waals surface area contributed by atoms with Crippen LogP contribution in [0.2, 0.25) is 0 Å². The van der Waals surface area contributed by atoms with Gasteiger partial charge in [0.1, 0.15) is 11.8 Å². The van der Waals surface area contributed by atoms with E-state index in [0.717, 1.165) is 0 Å². The normalized spacial score (nSPS) is 12.7. The second kappa shape index (κ2) is 8.82. The number of carboxylic acid groups (broad SMARTS) is 1. The predicted octanol–water partition coefficient (Wildman–Crippen LogP) is 1.19. The van der Waals surface area contributed by atoms with Crippen molar-refractivity contribution in [2.75, 3.05) is 14.2 Å². The molecule has 9 heteroatoms. The van der Waals surface area contributed by atoms with Gasteiger partial charge in [0, 0.05) is 0 Å². The van der Waals surface area contributed by atoms with Gasteiger partial charge >= 0.3 is 11.9 Å². The third-order valence-electron chi connectivity index (χ3n) is 3.42. The van der Waals surface area contributed by atoms with E-state index in [9.17, 15) is 23.1 Å². The van der Waals surface area contributed by atoms with E-state index in [-0.39, 0.29) is 29.2 Å². The second-order valence-corrected chi connectivity index (χ2v) is 7.55. The molecule has 0 aliphatic rings. The van der Waals surface area contributed by atoms with Gasteiger partial charge in [0.05, 0.1) is 25.5 Å². The van der Waals surface area contributed by atoms with Crippen molar-refractivity contribution in [3.8, 4) is 5.75 Å². The van der Waals surface area contributed by atoms with Crippen LogP contribution in [0.1, 0.15) is 25.8 Å². The number of carbonyl (C=O) groups is 2. The minimum absolute atomic E-state index is 0.0193. The van der Waals surface area contributed by atoms with Crippen LogP contribution in [-0.4, -0.2) is 45.7 Å². The topological polar surface area (TPSA) is 119 Å². The van der Waals surface area contributed by atoms with Crippen LogP contribution < -0.4 is 9.46 Å². The lowest BCUT2D eigenvalue weighted by Crippen LogP contribution is -2.41. The Balaban J connectivity index is 3.26. The number of aliphatic carboxylic acids is 1. The minimum atomic E-state index is -4.15. The fourth-order valence-electron chi connectivity index (χ4n) is 2.23. The third-order valence-corrected chi connectivity index (χ3v) is 4.99. The predicted molar refractivity (Wildman–Crippen MR) is 89.9 cm³/mol. The molecule has 0 saturated heterocycles. The summed E-state index contributed by atoms with van der Waals surface area (Å²) in [4.78, 5) is 22.7. The summed E-state index contributed by atoms with van der Waals surface area (Å²) in [5.74, 6) is -1.54. The Kier molecular flexibility index (Phi) is 7.38. The van der Waals surface area contributed by atoms with E-state index < -0.39 is 28.0 Å². The maximum absolute atomic E-state index is 12.7. The first-order chi connectivity index (χ1) is 11.6. The zero-order chi connectivity index (χ0) is 19.2. The molecule has 0 unspecified atom stereocenters. The first-order valence-electron chi connectivity index (χ1n) is 7.59. The van der Waals surface area contributed by atoms with Gasteiger partial charge in [-0.1, -0.05) is 13.8 Å². The van der Waals surface area contributed by atoms with Crippen molar-refractivity contribution in [2.45, 2.75) is 37.6 Å². The fraction of sp³-hybridized carbons (Fsp3) is 0.500. The zero-order valence-electron chi connectivity index (χ0n) is 14.6. The molecule has 8 nitrogen and oxygen atoms in total. The van der Waals surface area contributed by atoms with Crippen molar-refractivity contribution in [3.63, 3.8) is 0 Å². The Morgan fingerprint density at radius 1 is 1.24 bits per heavy atom. The van der Waals surface area contributed by atoms with Gasteiger partial charge in [-0.25, -0.2) is 8.42 Å². The van der Waals surface area contributed by atoms with Crippen LogP contribution >= 0.6 is 0 Å². The number of methoxy groups -OCH3 is 2. The summed E-state index contributed by atoms with van der Waals surface area (Å²) in [5.41, 5.74) is 0.160. The highest BCUT2D eigenvalue weighted by atomic mass is 32.2. The lowest BCUT2D eigenvalue weighted by molar-refractivity contribution is -0.140. The maximum atomic E-state index is 12.7. The van der Waals surface area contributed by atoms with Crippen LogP contribution in [-0.2, 0) is 30.8 Å². The van der Waals surface area contributed by atoms with Gasteiger partial charge in [0.25, 0.3) is 0 Å². The highest BCUT2D eigenvalue weighted by Gasteiger charge is 2.28. The first kappa shape index (κ1) is 20.9. The van der Waals surface area contributed by atoms with Crippen LogP contribution in [0.3, 0.4) is 0 Å². The molecular weight excluding hydrogens is 350 g/mol. The molecule has 0 amide bonds. The van der Waals surface area contributed by atoms with Gasteiger partial charge in [-0.15, -0.1) is 0 Å². The van der Waals surface area contributed by atoms with E-state index in [1.165, 1.54) is 32.4 Å². The van der Waals surface area contributed by atoms with Crippen LogP contribution in [0.25, 0.3) is 0 Å². The summed E-state index contributed by atoms with van der Waals surface area (Å²) in [5, 5.41) is 9.25. The van der Waals surface area contributed by atoms with Crippen molar-refractivity contribution in [1.29, 1.82) is 0 Å². The molecule has 0 spiro atoms. The summed E-state index contributed by atoms with van der Waals surface area (Å²) >= 11 is 0. The summed E-state index contributed by atoms with van der Waals surface area (Å²) in [6.07, 6.45) is -0.150. The number of ether oxygens (including phenoxy) is 2. The molecule has 0 aliphatic carbocycles. The van der Waals surface area contributed by atoms with Crippen LogP contribution in [0, 0.1) is 5.92 Å². The van der Waals surface area contributed by atoms with E-state index >= 15 is 0 Å². The van der Waals surface area contributed by atoms with E-state index in [4.69, 9.17) is 4.74 Å². The maximum Gasteiger partial charge on any atom is 0.321 e.